The van der Waals surface area contributed by atoms with Crippen molar-refractivity contribution in [3.63, 3.8) is 0 Å². The van der Waals surface area contributed by atoms with Gasteiger partial charge in [0.2, 0.25) is 5.95 Å². The van der Waals surface area contributed by atoms with Crippen LogP contribution in [0.15, 0.2) is 42.6 Å². The van der Waals surface area contributed by atoms with Crippen LogP contribution in [0.4, 0.5) is 49.5 Å². The van der Waals surface area contributed by atoms with Crippen LogP contribution < -0.4 is 15.4 Å². The Kier molecular flexibility index (Phi) is 10.1. The second kappa shape index (κ2) is 13.5. The fourth-order valence-corrected chi connectivity index (χ4v) is 6.03. The van der Waals surface area contributed by atoms with E-state index in [2.05, 4.69) is 25.4 Å². The number of alkyl halides is 6. The van der Waals surface area contributed by atoms with E-state index in [0.717, 1.165) is 0 Å². The maximum atomic E-state index is 13.9. The predicted molar refractivity (Wildman–Crippen MR) is 150 cm³/mol. The fourth-order valence-electron chi connectivity index (χ4n) is 4.34. The van der Waals surface area contributed by atoms with Gasteiger partial charge in [-0.1, -0.05) is 18.2 Å². The number of anilines is 4. The minimum absolute atomic E-state index is 0.0778. The Labute approximate surface area is 257 Å². The van der Waals surface area contributed by atoms with E-state index >= 15 is 0 Å². The van der Waals surface area contributed by atoms with Crippen molar-refractivity contribution in [3.8, 4) is 5.75 Å². The lowest BCUT2D eigenvalue weighted by atomic mass is 10.1. The number of amides is 1. The molecule has 46 heavy (non-hydrogen) atoms. The van der Waals surface area contributed by atoms with Crippen molar-refractivity contribution >= 4 is 42.6 Å². The number of nitrogens with zero attached hydrogens (tertiary/aromatic N) is 3. The number of nitrogens with one attached hydrogen (secondary N) is 2. The summed E-state index contributed by atoms with van der Waals surface area (Å²) in [5, 5.41) is 5.32. The standard InChI is InChI=1S/C27H26F6N5O7P/c1-4-43-46(41,44-5-2)14-15-9-10-18(20(11-15)42-3)36-25-34-12-17(26(28,29)30)22(37-25)35-19-8-6-7-16-13-38(23(39)21(16)19)45-24(40)27(31,32)33/h6-12H,4-5,13-14H2,1-3H3,(H2,34,35,36,37). The van der Waals surface area contributed by atoms with Gasteiger partial charge in [0.25, 0.3) is 5.91 Å². The van der Waals surface area contributed by atoms with E-state index in [1.54, 1.807) is 19.9 Å². The van der Waals surface area contributed by atoms with E-state index in [1.807, 2.05) is 0 Å². The predicted octanol–water partition coefficient (Wildman–Crippen LogP) is 6.73. The van der Waals surface area contributed by atoms with Crippen LogP contribution in [0, 0.1) is 0 Å². The van der Waals surface area contributed by atoms with Crippen molar-refractivity contribution in [3.05, 3.63) is 64.8 Å². The zero-order valence-electron chi connectivity index (χ0n) is 24.3. The lowest BCUT2D eigenvalue weighted by Gasteiger charge is -2.19. The number of fused-ring (bicyclic) bond motifs is 1. The first-order valence-corrected chi connectivity index (χ1v) is 15.1. The minimum Gasteiger partial charge on any atom is -0.495 e. The third kappa shape index (κ3) is 7.86. The summed E-state index contributed by atoms with van der Waals surface area (Å²) in [6.07, 6.45) is -9.95. The molecule has 0 bridgehead atoms. The molecule has 1 aliphatic heterocycles. The van der Waals surface area contributed by atoms with Crippen LogP contribution in [-0.2, 0) is 42.1 Å². The second-order valence-electron chi connectivity index (χ2n) is 9.40. The fraction of sp³-hybridized carbons (Fsp3) is 0.333. The molecule has 0 saturated carbocycles. The summed E-state index contributed by atoms with van der Waals surface area (Å²) < 4.78 is 109. The molecule has 248 valence electrons. The van der Waals surface area contributed by atoms with Gasteiger partial charge in [-0.05, 0) is 43.2 Å². The molecule has 4 rings (SSSR count). The molecule has 2 N–H and O–H groups in total. The molecular formula is C27H26F6N5O7P. The van der Waals surface area contributed by atoms with Crippen molar-refractivity contribution < 1.29 is 59.1 Å². The summed E-state index contributed by atoms with van der Waals surface area (Å²) in [5.41, 5.74) is -1.09. The van der Waals surface area contributed by atoms with Crippen LogP contribution in [-0.4, -0.2) is 53.4 Å². The van der Waals surface area contributed by atoms with Gasteiger partial charge in [-0.25, -0.2) is 9.78 Å². The number of benzene rings is 2. The smallest absolute Gasteiger partial charge is 0.493 e. The first-order chi connectivity index (χ1) is 21.6. The van der Waals surface area contributed by atoms with Crippen LogP contribution in [0.2, 0.25) is 0 Å². The Bertz CT molecular complexity index is 1660. The van der Waals surface area contributed by atoms with Gasteiger partial charge in [0.05, 0.1) is 50.0 Å². The zero-order chi connectivity index (χ0) is 33.9. The highest BCUT2D eigenvalue weighted by Crippen LogP contribution is 2.51. The Balaban J connectivity index is 1.63. The SMILES string of the molecule is CCOP(=O)(Cc1ccc(Nc2ncc(C(F)(F)F)c(Nc3cccc4c3C(=O)N(OC(=O)C(F)(F)F)C4)n2)c(OC)c1)OCC. The third-order valence-electron chi connectivity index (χ3n) is 6.22. The molecule has 19 heteroatoms. The van der Waals surface area contributed by atoms with Crippen LogP contribution in [0.1, 0.15) is 40.9 Å². The number of aromatic nitrogens is 2. The van der Waals surface area contributed by atoms with Gasteiger partial charge in [-0.2, -0.15) is 36.4 Å². The van der Waals surface area contributed by atoms with E-state index in [1.165, 1.54) is 37.4 Å². The third-order valence-corrected chi connectivity index (χ3v) is 8.27. The van der Waals surface area contributed by atoms with Crippen molar-refractivity contribution in [2.75, 3.05) is 31.0 Å². The Morgan fingerprint density at radius 3 is 2.33 bits per heavy atom. The summed E-state index contributed by atoms with van der Waals surface area (Å²) in [4.78, 5) is 36.0. The highest BCUT2D eigenvalue weighted by atomic mass is 31.2. The van der Waals surface area contributed by atoms with Gasteiger partial charge in [-0.3, -0.25) is 9.36 Å². The first-order valence-electron chi connectivity index (χ1n) is 13.3. The van der Waals surface area contributed by atoms with Gasteiger partial charge < -0.3 is 29.3 Å². The van der Waals surface area contributed by atoms with Crippen molar-refractivity contribution in [1.29, 1.82) is 0 Å². The lowest BCUT2D eigenvalue weighted by Crippen LogP contribution is -2.35. The van der Waals surface area contributed by atoms with E-state index < -0.39 is 49.8 Å². The number of ether oxygens (including phenoxy) is 1. The average Bonchev–Trinajstić information content (AvgIpc) is 3.28. The van der Waals surface area contributed by atoms with E-state index in [-0.39, 0.29) is 58.6 Å². The van der Waals surface area contributed by atoms with Gasteiger partial charge in [0, 0.05) is 6.20 Å². The number of rotatable bonds is 12. The molecule has 2 heterocycles. The van der Waals surface area contributed by atoms with Gasteiger partial charge >= 0.3 is 25.9 Å². The summed E-state index contributed by atoms with van der Waals surface area (Å²) in [5.74, 6) is -4.79. The highest BCUT2D eigenvalue weighted by molar-refractivity contribution is 7.53. The number of hydroxylamine groups is 2. The van der Waals surface area contributed by atoms with Crippen LogP contribution in [0.25, 0.3) is 0 Å². The monoisotopic (exact) mass is 677 g/mol. The van der Waals surface area contributed by atoms with Gasteiger partial charge in [-0.15, -0.1) is 0 Å². The molecule has 1 aliphatic rings. The number of halogens is 6. The molecule has 2 aromatic carbocycles. The summed E-state index contributed by atoms with van der Waals surface area (Å²) in [6.45, 7) is 3.06. The van der Waals surface area contributed by atoms with E-state index in [0.29, 0.717) is 11.8 Å². The van der Waals surface area contributed by atoms with Gasteiger partial charge in [0.1, 0.15) is 17.1 Å². The lowest BCUT2D eigenvalue weighted by molar-refractivity contribution is -0.229. The maximum absolute atomic E-state index is 13.9. The first kappa shape index (κ1) is 34.5. The largest absolute Gasteiger partial charge is 0.495 e. The summed E-state index contributed by atoms with van der Waals surface area (Å²) in [7, 11) is -2.13. The normalized spacial score (nSPS) is 13.4. The molecule has 12 nitrogen and oxygen atoms in total. The second-order valence-corrected chi connectivity index (χ2v) is 11.5. The number of hydrogen-bond acceptors (Lipinski definition) is 11. The molecule has 0 spiro atoms. The molecule has 0 aliphatic carbocycles. The number of carbonyl (C=O) groups is 2. The summed E-state index contributed by atoms with van der Waals surface area (Å²) in [6, 6.07) is 8.44. The Morgan fingerprint density at radius 2 is 1.72 bits per heavy atom. The Hall–Kier alpha value is -4.41. The molecule has 0 atom stereocenters. The molecule has 1 aromatic heterocycles. The maximum Gasteiger partial charge on any atom is 0.493 e. The van der Waals surface area contributed by atoms with Crippen molar-refractivity contribution in [2.45, 2.75) is 38.9 Å². The van der Waals surface area contributed by atoms with Crippen LogP contribution in [0.3, 0.4) is 0 Å². The van der Waals surface area contributed by atoms with Crippen molar-refractivity contribution in [1.82, 2.24) is 15.0 Å². The molecule has 0 radical (unpaired) electrons. The molecule has 0 fully saturated rings. The van der Waals surface area contributed by atoms with Crippen LogP contribution >= 0.6 is 7.60 Å². The molecular weight excluding hydrogens is 651 g/mol. The van der Waals surface area contributed by atoms with Crippen LogP contribution in [0.5, 0.6) is 5.75 Å². The van der Waals surface area contributed by atoms with Crippen molar-refractivity contribution in [2.24, 2.45) is 0 Å². The van der Waals surface area contributed by atoms with E-state index in [9.17, 15) is 40.5 Å². The molecule has 1 amide bonds. The number of methoxy groups -OCH3 is 1. The topological polar surface area (TPSA) is 141 Å². The summed E-state index contributed by atoms with van der Waals surface area (Å²) >= 11 is 0. The average molecular weight is 677 g/mol. The number of carbonyl (C=O) groups excluding carboxylic acids is 2. The molecule has 3 aromatic rings. The zero-order valence-corrected chi connectivity index (χ0v) is 25.2. The minimum atomic E-state index is -5.39. The van der Waals surface area contributed by atoms with Gasteiger partial charge in [0.15, 0.2) is 0 Å². The number of hydrogen-bond donors (Lipinski definition) is 2. The molecule has 0 saturated heterocycles. The molecule has 0 unspecified atom stereocenters. The van der Waals surface area contributed by atoms with E-state index in [4.69, 9.17) is 13.8 Å². The highest BCUT2D eigenvalue weighted by Gasteiger charge is 2.45. The quantitative estimate of drug-likeness (QED) is 0.156. The Morgan fingerprint density at radius 1 is 1.02 bits per heavy atom.